The number of rotatable bonds is 6. The van der Waals surface area contributed by atoms with E-state index >= 15 is 0 Å². The minimum atomic E-state index is -0.688. The zero-order valence-electron chi connectivity index (χ0n) is 18.7. The van der Waals surface area contributed by atoms with Crippen LogP contribution in [0.4, 0.5) is 0 Å². The monoisotopic (exact) mass is 439 g/mol. The summed E-state index contributed by atoms with van der Waals surface area (Å²) < 4.78 is 7.05. The molecule has 0 aliphatic carbocycles. The van der Waals surface area contributed by atoms with Crippen LogP contribution in [-0.4, -0.2) is 80.8 Å². The van der Waals surface area contributed by atoms with Gasteiger partial charge in [-0.2, -0.15) is 5.10 Å². The molecule has 2 aliphatic rings. The van der Waals surface area contributed by atoms with Crippen molar-refractivity contribution in [2.24, 2.45) is 7.05 Å². The van der Waals surface area contributed by atoms with Gasteiger partial charge in [-0.15, -0.1) is 0 Å². The second kappa shape index (κ2) is 9.22. The number of likely N-dealkylation sites (tertiary alicyclic amines) is 1. The Balaban J connectivity index is 1.69. The van der Waals surface area contributed by atoms with Crippen LogP contribution in [0.5, 0.6) is 0 Å². The van der Waals surface area contributed by atoms with E-state index in [4.69, 9.17) is 4.74 Å². The molecule has 0 unspecified atom stereocenters. The summed E-state index contributed by atoms with van der Waals surface area (Å²) in [6, 6.07) is 2.91. The Hall–Kier alpha value is -3.04. The van der Waals surface area contributed by atoms with Crippen molar-refractivity contribution in [3.63, 3.8) is 0 Å². The summed E-state index contributed by atoms with van der Waals surface area (Å²) in [6.45, 7) is 7.98. The first kappa shape index (κ1) is 22.2. The number of hydrogen-bond donors (Lipinski definition) is 1. The molecule has 170 valence electrons. The Labute approximate surface area is 187 Å². The van der Waals surface area contributed by atoms with E-state index in [-0.39, 0.29) is 11.3 Å². The number of aliphatic hydroxyl groups excluding tert-OH is 1. The van der Waals surface area contributed by atoms with E-state index < -0.39 is 17.7 Å². The Morgan fingerprint density at radius 3 is 2.59 bits per heavy atom. The topological polar surface area (TPSA) is 101 Å². The van der Waals surface area contributed by atoms with Gasteiger partial charge in [-0.05, 0) is 31.9 Å². The van der Waals surface area contributed by atoms with Gasteiger partial charge in [0, 0.05) is 51.3 Å². The van der Waals surface area contributed by atoms with Crippen LogP contribution in [0.15, 0.2) is 30.1 Å². The van der Waals surface area contributed by atoms with Gasteiger partial charge in [0.05, 0.1) is 36.1 Å². The maximum absolute atomic E-state index is 13.1. The van der Waals surface area contributed by atoms with Gasteiger partial charge in [0.15, 0.2) is 0 Å². The summed E-state index contributed by atoms with van der Waals surface area (Å²) in [5.41, 5.74) is 2.61. The average molecular weight is 440 g/mol. The van der Waals surface area contributed by atoms with Crippen molar-refractivity contribution in [1.82, 2.24) is 24.6 Å². The van der Waals surface area contributed by atoms with E-state index in [1.807, 2.05) is 13.0 Å². The van der Waals surface area contributed by atoms with Crippen molar-refractivity contribution in [2.75, 3.05) is 39.4 Å². The highest BCUT2D eigenvalue weighted by Gasteiger charge is 2.46. The summed E-state index contributed by atoms with van der Waals surface area (Å²) in [7, 11) is 1.78. The smallest absolute Gasteiger partial charge is 0.295 e. The molecule has 1 atom stereocenters. The van der Waals surface area contributed by atoms with E-state index in [0.717, 1.165) is 31.7 Å². The van der Waals surface area contributed by atoms with Crippen LogP contribution in [0.2, 0.25) is 0 Å². The second-order valence-electron chi connectivity index (χ2n) is 8.26. The molecule has 2 aromatic heterocycles. The number of ether oxygens (including phenoxy) is 1. The molecule has 9 heteroatoms. The quantitative estimate of drug-likeness (QED) is 0.414. The summed E-state index contributed by atoms with van der Waals surface area (Å²) in [5.74, 6) is -1.46. The SMILES string of the molecule is Cc1nn(C)c(C)c1/C(O)=C1\C(=O)C(=O)N(CCCN2CCOCC2)[C@H]1c1cccnc1. The number of pyridine rings is 1. The van der Waals surface area contributed by atoms with Crippen LogP contribution in [0, 0.1) is 13.8 Å². The number of carbonyl (C=O) groups is 2. The Kier molecular flexibility index (Phi) is 6.38. The lowest BCUT2D eigenvalue weighted by atomic mass is 9.95. The van der Waals surface area contributed by atoms with E-state index in [1.165, 1.54) is 0 Å². The van der Waals surface area contributed by atoms with Crippen LogP contribution < -0.4 is 0 Å². The molecule has 2 saturated heterocycles. The number of nitrogens with zero attached hydrogens (tertiary/aromatic N) is 5. The van der Waals surface area contributed by atoms with Gasteiger partial charge in [0.1, 0.15) is 5.76 Å². The van der Waals surface area contributed by atoms with Gasteiger partial charge in [-0.25, -0.2) is 0 Å². The molecule has 0 radical (unpaired) electrons. The van der Waals surface area contributed by atoms with Crippen LogP contribution in [-0.2, 0) is 21.4 Å². The fourth-order valence-corrected chi connectivity index (χ4v) is 4.54. The van der Waals surface area contributed by atoms with Crippen molar-refractivity contribution in [3.8, 4) is 0 Å². The van der Waals surface area contributed by atoms with Gasteiger partial charge in [-0.1, -0.05) is 6.07 Å². The molecule has 0 spiro atoms. The van der Waals surface area contributed by atoms with Gasteiger partial charge in [0.2, 0.25) is 0 Å². The Morgan fingerprint density at radius 2 is 1.97 bits per heavy atom. The molecule has 2 fully saturated rings. The van der Waals surface area contributed by atoms with E-state index in [1.54, 1.807) is 42.0 Å². The van der Waals surface area contributed by atoms with Gasteiger partial charge in [0.25, 0.3) is 11.7 Å². The molecule has 4 rings (SSSR count). The summed E-state index contributed by atoms with van der Waals surface area (Å²) in [5, 5.41) is 15.6. The Morgan fingerprint density at radius 1 is 1.22 bits per heavy atom. The maximum Gasteiger partial charge on any atom is 0.295 e. The third-order valence-electron chi connectivity index (χ3n) is 6.26. The van der Waals surface area contributed by atoms with E-state index in [9.17, 15) is 14.7 Å². The number of aryl methyl sites for hydroxylation is 2. The zero-order valence-corrected chi connectivity index (χ0v) is 18.7. The highest BCUT2D eigenvalue weighted by Crippen LogP contribution is 2.40. The third kappa shape index (κ3) is 4.05. The molecule has 32 heavy (non-hydrogen) atoms. The minimum absolute atomic E-state index is 0.0913. The molecule has 0 saturated carbocycles. The molecular weight excluding hydrogens is 410 g/mol. The fraction of sp³-hybridized carbons (Fsp3) is 0.478. The number of hydrogen-bond acceptors (Lipinski definition) is 7. The summed E-state index contributed by atoms with van der Waals surface area (Å²) in [4.78, 5) is 34.2. The first-order valence-electron chi connectivity index (χ1n) is 10.9. The number of ketones is 1. The predicted octanol–water partition coefficient (Wildman–Crippen LogP) is 1.58. The number of Topliss-reactive ketones (excluding diaryl/α,β-unsaturated/α-hetero) is 1. The lowest BCUT2D eigenvalue weighted by Crippen LogP contribution is -2.39. The molecular formula is C23H29N5O4. The second-order valence-corrected chi connectivity index (χ2v) is 8.26. The number of amides is 1. The number of carbonyl (C=O) groups excluding carboxylic acids is 2. The standard InChI is InChI=1S/C23H29N5O4/c1-15-18(16(2)26(3)25-15)21(29)19-20(17-6-4-7-24-14-17)28(23(31)22(19)30)9-5-8-27-10-12-32-13-11-27/h4,6-7,14,20,29H,5,8-13H2,1-3H3/b21-19+/t20-/m0/s1. The number of aromatic nitrogens is 3. The van der Waals surface area contributed by atoms with Gasteiger partial charge >= 0.3 is 0 Å². The van der Waals surface area contributed by atoms with Crippen LogP contribution in [0.3, 0.4) is 0 Å². The first-order chi connectivity index (χ1) is 15.4. The Bertz CT molecular complexity index is 1040. The molecule has 0 aromatic carbocycles. The van der Waals surface area contributed by atoms with Gasteiger partial charge in [-0.3, -0.25) is 24.2 Å². The molecule has 4 heterocycles. The van der Waals surface area contributed by atoms with Crippen LogP contribution in [0.1, 0.15) is 35.0 Å². The highest BCUT2D eigenvalue weighted by atomic mass is 16.5. The van der Waals surface area contributed by atoms with Gasteiger partial charge < -0.3 is 14.7 Å². The number of morpholine rings is 1. The molecule has 1 N–H and O–H groups in total. The third-order valence-corrected chi connectivity index (χ3v) is 6.26. The molecule has 0 bridgehead atoms. The normalized spacial score (nSPS) is 21.5. The zero-order chi connectivity index (χ0) is 22.8. The lowest BCUT2D eigenvalue weighted by molar-refractivity contribution is -0.140. The maximum atomic E-state index is 13.1. The molecule has 1 amide bonds. The average Bonchev–Trinajstić information content (AvgIpc) is 3.20. The van der Waals surface area contributed by atoms with E-state index in [2.05, 4.69) is 15.0 Å². The summed E-state index contributed by atoms with van der Waals surface area (Å²) >= 11 is 0. The fourth-order valence-electron chi connectivity index (χ4n) is 4.54. The molecule has 2 aromatic rings. The van der Waals surface area contributed by atoms with Crippen molar-refractivity contribution in [2.45, 2.75) is 26.3 Å². The molecule has 2 aliphatic heterocycles. The van der Waals surface area contributed by atoms with Crippen LogP contribution >= 0.6 is 0 Å². The van der Waals surface area contributed by atoms with Crippen molar-refractivity contribution >= 4 is 17.4 Å². The lowest BCUT2D eigenvalue weighted by Gasteiger charge is -2.29. The predicted molar refractivity (Wildman–Crippen MR) is 118 cm³/mol. The largest absolute Gasteiger partial charge is 0.507 e. The summed E-state index contributed by atoms with van der Waals surface area (Å²) in [6.07, 6.45) is 4.00. The van der Waals surface area contributed by atoms with Crippen molar-refractivity contribution in [1.29, 1.82) is 0 Å². The van der Waals surface area contributed by atoms with Crippen molar-refractivity contribution < 1.29 is 19.4 Å². The number of aliphatic hydroxyl groups is 1. The van der Waals surface area contributed by atoms with Crippen molar-refractivity contribution in [3.05, 3.63) is 52.6 Å². The highest BCUT2D eigenvalue weighted by molar-refractivity contribution is 6.46. The van der Waals surface area contributed by atoms with E-state index in [0.29, 0.717) is 36.6 Å². The first-order valence-corrected chi connectivity index (χ1v) is 10.9. The molecule has 9 nitrogen and oxygen atoms in total. The van der Waals surface area contributed by atoms with Crippen LogP contribution in [0.25, 0.3) is 5.76 Å². The minimum Gasteiger partial charge on any atom is -0.507 e.